The lowest BCUT2D eigenvalue weighted by Crippen LogP contribution is -2.31. The molecule has 0 aliphatic rings. The summed E-state index contributed by atoms with van der Waals surface area (Å²) in [5, 5.41) is 4.42. The topological polar surface area (TPSA) is 63.4 Å². The van der Waals surface area contributed by atoms with Crippen LogP contribution in [0.15, 0.2) is 60.7 Å². The summed E-state index contributed by atoms with van der Waals surface area (Å²) in [5.74, 6) is 0.320. The SMILES string of the molecule is Cc1cccc(N(Cc2ccccc2)C(=O)c2nc3nc(C)cc(C)n3n2)c1. The molecule has 0 spiro atoms. The van der Waals surface area contributed by atoms with Crippen molar-refractivity contribution in [2.75, 3.05) is 4.90 Å². The summed E-state index contributed by atoms with van der Waals surface area (Å²) in [4.78, 5) is 23.9. The average Bonchev–Trinajstić information content (AvgIpc) is 3.11. The summed E-state index contributed by atoms with van der Waals surface area (Å²) in [6, 6.07) is 19.7. The molecule has 0 atom stereocenters. The Morgan fingerprint density at radius 1 is 0.964 bits per heavy atom. The minimum absolute atomic E-state index is 0.138. The van der Waals surface area contributed by atoms with E-state index in [1.807, 2.05) is 81.4 Å². The van der Waals surface area contributed by atoms with Crippen LogP contribution in [0.5, 0.6) is 0 Å². The monoisotopic (exact) mass is 371 g/mol. The smallest absolute Gasteiger partial charge is 0.298 e. The second-order valence-electron chi connectivity index (χ2n) is 6.90. The zero-order valence-electron chi connectivity index (χ0n) is 16.1. The van der Waals surface area contributed by atoms with Crippen molar-refractivity contribution in [3.63, 3.8) is 0 Å². The fourth-order valence-corrected chi connectivity index (χ4v) is 3.22. The Morgan fingerprint density at radius 3 is 2.50 bits per heavy atom. The van der Waals surface area contributed by atoms with E-state index in [1.54, 1.807) is 9.42 Å². The van der Waals surface area contributed by atoms with Gasteiger partial charge in [0.2, 0.25) is 5.82 Å². The van der Waals surface area contributed by atoms with Crippen molar-refractivity contribution in [3.8, 4) is 0 Å². The van der Waals surface area contributed by atoms with Crippen molar-refractivity contribution in [2.24, 2.45) is 0 Å². The third kappa shape index (κ3) is 3.49. The molecule has 4 aromatic rings. The predicted octanol–water partition coefficient (Wildman–Crippen LogP) is 3.90. The first-order chi connectivity index (χ1) is 13.5. The highest BCUT2D eigenvalue weighted by molar-refractivity contribution is 6.03. The van der Waals surface area contributed by atoms with Crippen molar-refractivity contribution >= 4 is 17.4 Å². The van der Waals surface area contributed by atoms with Gasteiger partial charge in [-0.2, -0.15) is 4.98 Å². The molecule has 0 fully saturated rings. The molecule has 6 heteroatoms. The normalized spacial score (nSPS) is 11.0. The van der Waals surface area contributed by atoms with Gasteiger partial charge >= 0.3 is 0 Å². The van der Waals surface area contributed by atoms with Gasteiger partial charge in [0, 0.05) is 17.1 Å². The molecule has 6 nitrogen and oxygen atoms in total. The number of hydrogen-bond donors (Lipinski definition) is 0. The summed E-state index contributed by atoms with van der Waals surface area (Å²) in [5.41, 5.74) is 4.66. The number of nitrogens with zero attached hydrogens (tertiary/aromatic N) is 5. The molecule has 0 aliphatic heterocycles. The highest BCUT2D eigenvalue weighted by atomic mass is 16.2. The summed E-state index contributed by atoms with van der Waals surface area (Å²) >= 11 is 0. The molecule has 4 rings (SSSR count). The van der Waals surface area contributed by atoms with E-state index >= 15 is 0 Å². The highest BCUT2D eigenvalue weighted by Crippen LogP contribution is 2.21. The minimum atomic E-state index is -0.253. The summed E-state index contributed by atoms with van der Waals surface area (Å²) in [7, 11) is 0. The number of carbonyl (C=O) groups excluding carboxylic acids is 1. The van der Waals surface area contributed by atoms with Crippen LogP contribution in [-0.2, 0) is 6.54 Å². The molecule has 0 N–H and O–H groups in total. The molecule has 0 aliphatic carbocycles. The lowest BCUT2D eigenvalue weighted by atomic mass is 10.1. The van der Waals surface area contributed by atoms with E-state index in [2.05, 4.69) is 15.1 Å². The highest BCUT2D eigenvalue weighted by Gasteiger charge is 2.23. The Balaban J connectivity index is 1.77. The number of rotatable bonds is 4. The lowest BCUT2D eigenvalue weighted by molar-refractivity contribution is 0.0975. The minimum Gasteiger partial charge on any atom is -0.301 e. The molecule has 0 unspecified atom stereocenters. The van der Waals surface area contributed by atoms with Crippen LogP contribution in [0.3, 0.4) is 0 Å². The van der Waals surface area contributed by atoms with Crippen molar-refractivity contribution in [2.45, 2.75) is 27.3 Å². The number of amides is 1. The predicted molar refractivity (Wildman–Crippen MR) is 108 cm³/mol. The fraction of sp³-hybridized carbons (Fsp3) is 0.182. The van der Waals surface area contributed by atoms with Crippen LogP contribution in [0.2, 0.25) is 0 Å². The maximum absolute atomic E-state index is 13.4. The van der Waals surface area contributed by atoms with Crippen LogP contribution in [0, 0.1) is 20.8 Å². The first kappa shape index (κ1) is 17.9. The number of hydrogen-bond acceptors (Lipinski definition) is 4. The largest absolute Gasteiger partial charge is 0.301 e. The van der Waals surface area contributed by atoms with E-state index in [-0.39, 0.29) is 11.7 Å². The van der Waals surface area contributed by atoms with Crippen molar-refractivity contribution in [1.29, 1.82) is 0 Å². The maximum Gasteiger partial charge on any atom is 0.298 e. The van der Waals surface area contributed by atoms with Gasteiger partial charge in [-0.15, -0.1) is 5.10 Å². The van der Waals surface area contributed by atoms with Gasteiger partial charge in [0.15, 0.2) is 0 Å². The molecule has 1 amide bonds. The van der Waals surface area contributed by atoms with E-state index in [0.717, 1.165) is 28.2 Å². The quantitative estimate of drug-likeness (QED) is 0.546. The summed E-state index contributed by atoms with van der Waals surface area (Å²) in [6.45, 7) is 6.27. The number of aromatic nitrogens is 4. The molecule has 28 heavy (non-hydrogen) atoms. The van der Waals surface area contributed by atoms with E-state index < -0.39 is 0 Å². The summed E-state index contributed by atoms with van der Waals surface area (Å²) < 4.78 is 1.61. The molecule has 0 radical (unpaired) electrons. The zero-order valence-corrected chi connectivity index (χ0v) is 16.1. The molecule has 0 saturated carbocycles. The third-order valence-corrected chi connectivity index (χ3v) is 4.55. The van der Waals surface area contributed by atoms with Crippen LogP contribution in [0.25, 0.3) is 5.78 Å². The number of aryl methyl sites for hydroxylation is 3. The van der Waals surface area contributed by atoms with E-state index in [9.17, 15) is 4.79 Å². The second-order valence-corrected chi connectivity index (χ2v) is 6.90. The van der Waals surface area contributed by atoms with Gasteiger partial charge in [0.1, 0.15) is 0 Å². The van der Waals surface area contributed by atoms with Crippen LogP contribution in [0.4, 0.5) is 5.69 Å². The molecule has 140 valence electrons. The van der Waals surface area contributed by atoms with Crippen molar-refractivity contribution in [3.05, 3.63) is 89.0 Å². The number of anilines is 1. The van der Waals surface area contributed by atoms with Crippen LogP contribution >= 0.6 is 0 Å². The lowest BCUT2D eigenvalue weighted by Gasteiger charge is -2.22. The van der Waals surface area contributed by atoms with Crippen molar-refractivity contribution < 1.29 is 4.79 Å². The summed E-state index contributed by atoms with van der Waals surface area (Å²) in [6.07, 6.45) is 0. The maximum atomic E-state index is 13.4. The molecule has 0 saturated heterocycles. The van der Waals surface area contributed by atoms with Gasteiger partial charge in [-0.25, -0.2) is 9.50 Å². The van der Waals surface area contributed by atoms with E-state index in [0.29, 0.717) is 12.3 Å². The molecule has 2 aromatic heterocycles. The van der Waals surface area contributed by atoms with Gasteiger partial charge in [-0.3, -0.25) is 4.79 Å². The first-order valence-electron chi connectivity index (χ1n) is 9.15. The number of fused-ring (bicyclic) bond motifs is 1. The van der Waals surface area contributed by atoms with Crippen molar-refractivity contribution in [1.82, 2.24) is 19.6 Å². The Morgan fingerprint density at radius 2 is 1.75 bits per heavy atom. The zero-order chi connectivity index (χ0) is 19.7. The van der Waals surface area contributed by atoms with E-state index in [1.165, 1.54) is 0 Å². The van der Waals surface area contributed by atoms with Gasteiger partial charge in [-0.05, 0) is 50.1 Å². The number of benzene rings is 2. The Hall–Kier alpha value is -3.54. The second kappa shape index (κ2) is 7.23. The van der Waals surface area contributed by atoms with Gasteiger partial charge in [0.05, 0.1) is 6.54 Å². The van der Waals surface area contributed by atoms with E-state index in [4.69, 9.17) is 0 Å². The van der Waals surface area contributed by atoms with Gasteiger partial charge in [-0.1, -0.05) is 42.5 Å². The average molecular weight is 371 g/mol. The first-order valence-corrected chi connectivity index (χ1v) is 9.15. The molecule has 2 aromatic carbocycles. The van der Waals surface area contributed by atoms with Crippen LogP contribution < -0.4 is 4.90 Å². The third-order valence-electron chi connectivity index (χ3n) is 4.55. The van der Waals surface area contributed by atoms with Gasteiger partial charge in [0.25, 0.3) is 11.7 Å². The standard InChI is InChI=1S/C22H21N5O/c1-15-8-7-11-19(12-15)26(14-18-9-5-4-6-10-18)21(28)20-24-22-23-16(2)13-17(3)27(22)25-20/h4-13H,14H2,1-3H3. The Bertz CT molecular complexity index is 1150. The van der Waals surface area contributed by atoms with Crippen LogP contribution in [-0.4, -0.2) is 25.5 Å². The van der Waals surface area contributed by atoms with Gasteiger partial charge < -0.3 is 4.90 Å². The molecular weight excluding hydrogens is 350 g/mol. The molecular formula is C22H21N5O. The Kier molecular flexibility index (Phi) is 4.61. The molecule has 2 heterocycles. The van der Waals surface area contributed by atoms with Crippen LogP contribution in [0.1, 0.15) is 33.1 Å². The Labute approximate surface area is 163 Å². The number of carbonyl (C=O) groups is 1. The fourth-order valence-electron chi connectivity index (χ4n) is 3.22. The molecule has 0 bridgehead atoms.